The molecule has 0 aliphatic carbocycles. The van der Waals surface area contributed by atoms with Crippen LogP contribution in [0, 0.1) is 0 Å². The molecule has 1 amide bonds. The molecule has 0 N–H and O–H groups in total. The van der Waals surface area contributed by atoms with Crippen LogP contribution >= 0.6 is 0 Å². The molecule has 106 valence electrons. The van der Waals surface area contributed by atoms with E-state index >= 15 is 0 Å². The zero-order valence-corrected chi connectivity index (χ0v) is 12.4. The highest BCUT2D eigenvalue weighted by atomic mass is 32.2. The summed E-state index contributed by atoms with van der Waals surface area (Å²) in [6.07, 6.45) is 0.539. The van der Waals surface area contributed by atoms with Crippen LogP contribution in [-0.4, -0.2) is 55.5 Å². The van der Waals surface area contributed by atoms with Crippen molar-refractivity contribution in [2.24, 2.45) is 0 Å². The monoisotopic (exact) mass is 277 g/mol. The molecule has 1 heterocycles. The summed E-state index contributed by atoms with van der Waals surface area (Å²) in [6.45, 7) is 8.05. The fourth-order valence-electron chi connectivity index (χ4n) is 2.02. The lowest BCUT2D eigenvalue weighted by Gasteiger charge is -2.28. The molecule has 6 heteroatoms. The second-order valence-corrected chi connectivity index (χ2v) is 7.87. The minimum Gasteiger partial charge on any atom is -0.366 e. The minimum atomic E-state index is -2.96. The molecule has 5 nitrogen and oxygen atoms in total. The number of hydrogen-bond acceptors (Lipinski definition) is 4. The van der Waals surface area contributed by atoms with Crippen molar-refractivity contribution in [3.8, 4) is 0 Å². The van der Waals surface area contributed by atoms with E-state index in [4.69, 9.17) is 4.74 Å². The highest BCUT2D eigenvalue weighted by Crippen LogP contribution is 2.18. The lowest BCUT2D eigenvalue weighted by atomic mass is 10.2. The fourth-order valence-corrected chi connectivity index (χ4v) is 3.75. The number of carbonyl (C=O) groups is 1. The second-order valence-electron chi connectivity index (χ2n) is 5.64. The molecule has 1 aliphatic rings. The van der Waals surface area contributed by atoms with Crippen LogP contribution in [0.25, 0.3) is 0 Å². The first-order valence-corrected chi connectivity index (χ1v) is 8.10. The van der Waals surface area contributed by atoms with Crippen LogP contribution in [0.4, 0.5) is 0 Å². The first-order chi connectivity index (χ1) is 8.14. The Morgan fingerprint density at radius 2 is 2.00 bits per heavy atom. The Labute approximate surface area is 109 Å². The summed E-state index contributed by atoms with van der Waals surface area (Å²) >= 11 is 0. The summed E-state index contributed by atoms with van der Waals surface area (Å²) < 4.78 is 28.3. The standard InChI is InChI=1S/C12H23NO4S/c1-5-13(10-6-7-18(15,16)9-10)11(14)8-17-12(2,3)4/h10H,5-9H2,1-4H3. The van der Waals surface area contributed by atoms with E-state index in [1.807, 2.05) is 27.7 Å². The van der Waals surface area contributed by atoms with Gasteiger partial charge in [0.05, 0.1) is 17.1 Å². The highest BCUT2D eigenvalue weighted by molar-refractivity contribution is 7.91. The number of carbonyl (C=O) groups excluding carboxylic acids is 1. The Morgan fingerprint density at radius 1 is 1.39 bits per heavy atom. The fraction of sp³-hybridized carbons (Fsp3) is 0.917. The number of sulfone groups is 1. The highest BCUT2D eigenvalue weighted by Gasteiger charge is 2.34. The molecular formula is C12H23NO4S. The molecule has 0 bridgehead atoms. The Balaban J connectivity index is 2.59. The third-order valence-electron chi connectivity index (χ3n) is 2.94. The van der Waals surface area contributed by atoms with Gasteiger partial charge >= 0.3 is 0 Å². The van der Waals surface area contributed by atoms with Gasteiger partial charge in [0.15, 0.2) is 9.84 Å². The topological polar surface area (TPSA) is 63.7 Å². The summed E-state index contributed by atoms with van der Waals surface area (Å²) in [5.74, 6) is 0.137. The maximum absolute atomic E-state index is 12.0. The van der Waals surface area contributed by atoms with E-state index in [0.717, 1.165) is 0 Å². The van der Waals surface area contributed by atoms with Gasteiger partial charge in [-0.25, -0.2) is 8.42 Å². The van der Waals surface area contributed by atoms with Gasteiger partial charge in [-0.1, -0.05) is 0 Å². The van der Waals surface area contributed by atoms with Crippen LogP contribution in [0.15, 0.2) is 0 Å². The number of amides is 1. The van der Waals surface area contributed by atoms with Crippen LogP contribution in [0.5, 0.6) is 0 Å². The first-order valence-electron chi connectivity index (χ1n) is 6.28. The molecule has 0 radical (unpaired) electrons. The molecule has 0 aromatic rings. The molecule has 0 aromatic heterocycles. The van der Waals surface area contributed by atoms with Gasteiger partial charge in [-0.05, 0) is 34.1 Å². The van der Waals surface area contributed by atoms with Gasteiger partial charge in [-0.2, -0.15) is 0 Å². The molecule has 1 aliphatic heterocycles. The quantitative estimate of drug-likeness (QED) is 0.764. The summed E-state index contributed by atoms with van der Waals surface area (Å²) in [6, 6.07) is -0.184. The Kier molecular flexibility index (Phi) is 4.78. The third kappa shape index (κ3) is 4.57. The molecule has 0 aromatic carbocycles. The molecule has 1 atom stereocenters. The first kappa shape index (κ1) is 15.4. The van der Waals surface area contributed by atoms with E-state index in [1.165, 1.54) is 0 Å². The van der Waals surface area contributed by atoms with Crippen molar-refractivity contribution in [3.05, 3.63) is 0 Å². The van der Waals surface area contributed by atoms with Gasteiger partial charge in [-0.15, -0.1) is 0 Å². The molecule has 1 rings (SSSR count). The van der Waals surface area contributed by atoms with Crippen LogP contribution in [-0.2, 0) is 19.4 Å². The number of hydrogen-bond donors (Lipinski definition) is 0. The lowest BCUT2D eigenvalue weighted by Crippen LogP contribution is -2.43. The van der Waals surface area contributed by atoms with Crippen LogP contribution < -0.4 is 0 Å². The van der Waals surface area contributed by atoms with Crippen molar-refractivity contribution in [3.63, 3.8) is 0 Å². The van der Waals surface area contributed by atoms with Crippen molar-refractivity contribution in [2.75, 3.05) is 24.7 Å². The van der Waals surface area contributed by atoms with Crippen LogP contribution in [0.1, 0.15) is 34.1 Å². The number of likely N-dealkylation sites (N-methyl/N-ethyl adjacent to an activating group) is 1. The van der Waals surface area contributed by atoms with E-state index in [2.05, 4.69) is 0 Å². The molecule has 18 heavy (non-hydrogen) atoms. The average Bonchev–Trinajstić information content (AvgIpc) is 2.56. The van der Waals surface area contributed by atoms with Crippen molar-refractivity contribution >= 4 is 15.7 Å². The molecule has 1 unspecified atom stereocenters. The normalized spacial score (nSPS) is 23.0. The second kappa shape index (κ2) is 5.57. The van der Waals surface area contributed by atoms with E-state index in [9.17, 15) is 13.2 Å². The summed E-state index contributed by atoms with van der Waals surface area (Å²) in [5.41, 5.74) is -0.364. The van der Waals surface area contributed by atoms with Crippen molar-refractivity contribution in [1.82, 2.24) is 4.90 Å². The largest absolute Gasteiger partial charge is 0.366 e. The number of ether oxygens (including phenoxy) is 1. The Morgan fingerprint density at radius 3 is 2.39 bits per heavy atom. The SMILES string of the molecule is CCN(C(=O)COC(C)(C)C)C1CCS(=O)(=O)C1. The third-order valence-corrected chi connectivity index (χ3v) is 4.69. The smallest absolute Gasteiger partial charge is 0.248 e. The Bertz CT molecular complexity index is 397. The predicted octanol–water partition coefficient (Wildman–Crippen LogP) is 0.837. The summed E-state index contributed by atoms with van der Waals surface area (Å²) in [4.78, 5) is 13.6. The van der Waals surface area contributed by atoms with Gasteiger partial charge in [-0.3, -0.25) is 4.79 Å². The van der Waals surface area contributed by atoms with Crippen LogP contribution in [0.2, 0.25) is 0 Å². The minimum absolute atomic E-state index is 0.00783. The van der Waals surface area contributed by atoms with Crippen molar-refractivity contribution in [2.45, 2.75) is 45.8 Å². The zero-order chi connectivity index (χ0) is 14.0. The van der Waals surface area contributed by atoms with Gasteiger partial charge in [0, 0.05) is 12.6 Å². The molecular weight excluding hydrogens is 254 g/mol. The molecule has 0 saturated carbocycles. The van der Waals surface area contributed by atoms with E-state index in [0.29, 0.717) is 13.0 Å². The van der Waals surface area contributed by atoms with Crippen molar-refractivity contribution < 1.29 is 17.9 Å². The van der Waals surface area contributed by atoms with Crippen molar-refractivity contribution in [1.29, 1.82) is 0 Å². The lowest BCUT2D eigenvalue weighted by molar-refractivity contribution is -0.142. The molecule has 1 fully saturated rings. The Hall–Kier alpha value is -0.620. The summed E-state index contributed by atoms with van der Waals surface area (Å²) in [5, 5.41) is 0. The van der Waals surface area contributed by atoms with Gasteiger partial charge in [0.1, 0.15) is 6.61 Å². The zero-order valence-electron chi connectivity index (χ0n) is 11.6. The van der Waals surface area contributed by atoms with E-state index in [1.54, 1.807) is 4.90 Å². The van der Waals surface area contributed by atoms with Gasteiger partial charge in [0.25, 0.3) is 0 Å². The van der Waals surface area contributed by atoms with Gasteiger partial charge < -0.3 is 9.64 Å². The molecule has 0 spiro atoms. The van der Waals surface area contributed by atoms with Crippen LogP contribution in [0.3, 0.4) is 0 Å². The maximum atomic E-state index is 12.0. The number of rotatable bonds is 4. The number of nitrogens with zero attached hydrogens (tertiary/aromatic N) is 1. The summed E-state index contributed by atoms with van der Waals surface area (Å²) in [7, 11) is -2.96. The molecule has 1 saturated heterocycles. The average molecular weight is 277 g/mol. The maximum Gasteiger partial charge on any atom is 0.248 e. The van der Waals surface area contributed by atoms with Gasteiger partial charge in [0.2, 0.25) is 5.91 Å². The predicted molar refractivity (Wildman–Crippen MR) is 70.2 cm³/mol. The van der Waals surface area contributed by atoms with E-state index < -0.39 is 9.84 Å². The van der Waals surface area contributed by atoms with E-state index in [-0.39, 0.29) is 35.7 Å².